The minimum absolute atomic E-state index is 0.176. The summed E-state index contributed by atoms with van der Waals surface area (Å²) in [6.45, 7) is 6.88. The van der Waals surface area contributed by atoms with Crippen molar-refractivity contribution in [3.8, 4) is 6.07 Å². The van der Waals surface area contributed by atoms with Crippen LogP contribution in [-0.2, 0) is 16.4 Å². The first-order valence-electron chi connectivity index (χ1n) is 9.22. The Bertz CT molecular complexity index is 1170. The van der Waals surface area contributed by atoms with E-state index in [4.69, 9.17) is 5.26 Å². The molecule has 2 heterocycles. The molecule has 1 fully saturated rings. The van der Waals surface area contributed by atoms with E-state index in [1.54, 1.807) is 4.57 Å². The first kappa shape index (κ1) is 18.5. The van der Waals surface area contributed by atoms with Crippen LogP contribution < -0.4 is 0 Å². The van der Waals surface area contributed by atoms with E-state index in [0.29, 0.717) is 5.56 Å². The van der Waals surface area contributed by atoms with Crippen LogP contribution in [0.5, 0.6) is 0 Å². The van der Waals surface area contributed by atoms with Gasteiger partial charge in [-0.25, -0.2) is 8.42 Å². The lowest BCUT2D eigenvalue weighted by atomic mass is 10.1. The van der Waals surface area contributed by atoms with Crippen LogP contribution in [0.4, 0.5) is 0 Å². The smallest absolute Gasteiger partial charge is 0.203 e. The lowest BCUT2D eigenvalue weighted by Crippen LogP contribution is -2.36. The largest absolute Gasteiger partial charge is 0.326 e. The summed E-state index contributed by atoms with van der Waals surface area (Å²) in [5.41, 5.74) is 2.51. The standard InChI is InChI=1S/C22H21N3O2S/c1-2-22(28(26,27)19-9-7-17(15-23)8-10-19)25-14-11-20-18(5-3-6-21(20)25)16-24-12-4-13-24/h2-3,5-11,14,22H,1,4,12-13,16H2. The highest BCUT2D eigenvalue weighted by atomic mass is 32.2. The average Bonchev–Trinajstić information content (AvgIpc) is 3.10. The van der Waals surface area contributed by atoms with Crippen LogP contribution in [0.2, 0.25) is 0 Å². The number of benzene rings is 2. The van der Waals surface area contributed by atoms with Crippen LogP contribution in [0.1, 0.15) is 22.9 Å². The summed E-state index contributed by atoms with van der Waals surface area (Å²) < 4.78 is 28.2. The third-order valence-corrected chi connectivity index (χ3v) is 7.29. The summed E-state index contributed by atoms with van der Waals surface area (Å²) in [5.74, 6) is 0. The zero-order valence-corrected chi connectivity index (χ0v) is 16.3. The third-order valence-electron chi connectivity index (χ3n) is 5.30. The fourth-order valence-electron chi connectivity index (χ4n) is 3.64. The van der Waals surface area contributed by atoms with E-state index in [-0.39, 0.29) is 4.90 Å². The summed E-state index contributed by atoms with van der Waals surface area (Å²) in [6, 6.07) is 16.0. The van der Waals surface area contributed by atoms with Gasteiger partial charge in [0.1, 0.15) is 0 Å². The van der Waals surface area contributed by atoms with Crippen molar-refractivity contribution in [1.29, 1.82) is 5.26 Å². The van der Waals surface area contributed by atoms with Gasteiger partial charge >= 0.3 is 0 Å². The number of aromatic nitrogens is 1. The monoisotopic (exact) mass is 391 g/mol. The maximum absolute atomic E-state index is 13.2. The molecule has 1 atom stereocenters. The molecule has 0 N–H and O–H groups in total. The molecule has 28 heavy (non-hydrogen) atoms. The molecule has 142 valence electrons. The predicted octanol–water partition coefficient (Wildman–Crippen LogP) is 3.88. The summed E-state index contributed by atoms with van der Waals surface area (Å²) in [6.07, 6.45) is 4.51. The minimum atomic E-state index is -3.69. The normalized spacial score (nSPS) is 15.7. The highest BCUT2D eigenvalue weighted by molar-refractivity contribution is 7.91. The van der Waals surface area contributed by atoms with Crippen LogP contribution in [0.3, 0.4) is 0 Å². The van der Waals surface area contributed by atoms with Gasteiger partial charge in [-0.2, -0.15) is 5.26 Å². The first-order chi connectivity index (χ1) is 13.5. The van der Waals surface area contributed by atoms with Crippen molar-refractivity contribution in [3.05, 3.63) is 78.5 Å². The Kier molecular flexibility index (Phi) is 4.80. The van der Waals surface area contributed by atoms with Gasteiger partial charge in [-0.1, -0.05) is 24.8 Å². The fraction of sp³-hybridized carbons (Fsp3) is 0.227. The van der Waals surface area contributed by atoms with Crippen molar-refractivity contribution in [2.24, 2.45) is 0 Å². The molecule has 0 radical (unpaired) electrons. The maximum Gasteiger partial charge on any atom is 0.203 e. The Morgan fingerprint density at radius 2 is 1.89 bits per heavy atom. The molecule has 1 aliphatic rings. The van der Waals surface area contributed by atoms with E-state index in [1.165, 1.54) is 42.3 Å². The Hall–Kier alpha value is -2.88. The number of hydrogen-bond acceptors (Lipinski definition) is 4. The molecular formula is C22H21N3O2S. The van der Waals surface area contributed by atoms with Gasteiger partial charge in [0.25, 0.3) is 0 Å². The molecule has 1 aromatic heterocycles. The molecule has 1 aliphatic heterocycles. The number of sulfone groups is 1. The van der Waals surface area contributed by atoms with E-state index in [0.717, 1.165) is 30.5 Å². The average molecular weight is 391 g/mol. The summed E-state index contributed by atoms with van der Waals surface area (Å²) in [5, 5.41) is 9.09. The van der Waals surface area contributed by atoms with Crippen LogP contribution in [-0.4, -0.2) is 31.0 Å². The molecule has 2 aromatic carbocycles. The molecule has 6 heteroatoms. The molecule has 0 spiro atoms. The van der Waals surface area contributed by atoms with E-state index in [1.807, 2.05) is 30.5 Å². The maximum atomic E-state index is 13.2. The van der Waals surface area contributed by atoms with E-state index in [2.05, 4.69) is 17.5 Å². The van der Waals surface area contributed by atoms with E-state index >= 15 is 0 Å². The lowest BCUT2D eigenvalue weighted by molar-refractivity contribution is 0.173. The molecule has 0 aliphatic carbocycles. The van der Waals surface area contributed by atoms with Crippen molar-refractivity contribution in [3.63, 3.8) is 0 Å². The van der Waals surface area contributed by atoms with Gasteiger partial charge in [0.15, 0.2) is 5.37 Å². The van der Waals surface area contributed by atoms with E-state index < -0.39 is 15.2 Å². The third kappa shape index (κ3) is 3.13. The topological polar surface area (TPSA) is 66.1 Å². The molecule has 0 bridgehead atoms. The molecule has 4 rings (SSSR count). The van der Waals surface area contributed by atoms with Gasteiger partial charge < -0.3 is 4.57 Å². The molecule has 1 unspecified atom stereocenters. The highest BCUT2D eigenvalue weighted by Crippen LogP contribution is 2.31. The molecule has 5 nitrogen and oxygen atoms in total. The number of nitrogens with zero attached hydrogens (tertiary/aromatic N) is 3. The van der Waals surface area contributed by atoms with Crippen molar-refractivity contribution < 1.29 is 8.42 Å². The van der Waals surface area contributed by atoms with Gasteiger partial charge in [0.05, 0.1) is 16.5 Å². The summed E-state index contributed by atoms with van der Waals surface area (Å²) >= 11 is 0. The molecule has 1 saturated heterocycles. The van der Waals surface area contributed by atoms with Crippen molar-refractivity contribution in [2.75, 3.05) is 13.1 Å². The van der Waals surface area contributed by atoms with Gasteiger partial charge in [0, 0.05) is 23.6 Å². The Labute approximate surface area is 165 Å². The zero-order valence-electron chi connectivity index (χ0n) is 15.5. The van der Waals surface area contributed by atoms with Crippen molar-refractivity contribution in [1.82, 2.24) is 9.47 Å². The Morgan fingerprint density at radius 3 is 2.50 bits per heavy atom. The number of likely N-dealkylation sites (tertiary alicyclic amines) is 1. The van der Waals surface area contributed by atoms with Crippen LogP contribution in [0.25, 0.3) is 10.9 Å². The number of hydrogen-bond donors (Lipinski definition) is 0. The second-order valence-electron chi connectivity index (χ2n) is 7.01. The second kappa shape index (κ2) is 7.27. The number of nitriles is 1. The van der Waals surface area contributed by atoms with Crippen LogP contribution in [0.15, 0.2) is 72.3 Å². The molecule has 0 amide bonds. The molecule has 0 saturated carbocycles. The first-order valence-corrected chi connectivity index (χ1v) is 10.8. The SMILES string of the molecule is C=CC(n1ccc2c(CN3CCC3)cccc21)S(=O)(=O)c1ccc(C#N)cc1. The Morgan fingerprint density at radius 1 is 1.14 bits per heavy atom. The quantitative estimate of drug-likeness (QED) is 0.598. The fourth-order valence-corrected chi connectivity index (χ4v) is 5.17. The second-order valence-corrected chi connectivity index (χ2v) is 9.05. The minimum Gasteiger partial charge on any atom is -0.326 e. The van der Waals surface area contributed by atoms with Crippen molar-refractivity contribution >= 4 is 20.7 Å². The van der Waals surface area contributed by atoms with Gasteiger partial charge in [-0.15, -0.1) is 0 Å². The number of rotatable bonds is 6. The molecule has 3 aromatic rings. The van der Waals surface area contributed by atoms with Gasteiger partial charge in [-0.05, 0) is 61.5 Å². The van der Waals surface area contributed by atoms with E-state index in [9.17, 15) is 8.42 Å². The van der Waals surface area contributed by atoms with Crippen LogP contribution >= 0.6 is 0 Å². The van der Waals surface area contributed by atoms with Crippen LogP contribution in [0, 0.1) is 11.3 Å². The van der Waals surface area contributed by atoms with Gasteiger partial charge in [-0.3, -0.25) is 4.90 Å². The zero-order chi connectivity index (χ0) is 19.7. The lowest BCUT2D eigenvalue weighted by Gasteiger charge is -2.30. The van der Waals surface area contributed by atoms with Gasteiger partial charge in [0.2, 0.25) is 9.84 Å². The highest BCUT2D eigenvalue weighted by Gasteiger charge is 2.27. The Balaban J connectivity index is 1.75. The number of fused-ring (bicyclic) bond motifs is 1. The summed E-state index contributed by atoms with van der Waals surface area (Å²) in [4.78, 5) is 2.56. The molecular weight excluding hydrogens is 370 g/mol. The van der Waals surface area contributed by atoms with Crippen molar-refractivity contribution in [2.45, 2.75) is 23.2 Å². The predicted molar refractivity (Wildman–Crippen MR) is 109 cm³/mol. The summed E-state index contributed by atoms with van der Waals surface area (Å²) in [7, 11) is -3.69.